The number of fused-ring (bicyclic) bond motifs is 2. The normalized spacial score (nSPS) is 12.3. The second-order valence-corrected chi connectivity index (χ2v) is 7.22. The highest BCUT2D eigenvalue weighted by atomic mass is 79.9. The first kappa shape index (κ1) is 15.3. The van der Waals surface area contributed by atoms with Crippen LogP contribution < -0.4 is 10.2 Å². The highest BCUT2D eigenvalue weighted by Gasteiger charge is 2.28. The van der Waals surface area contributed by atoms with E-state index in [-0.39, 0.29) is 6.03 Å². The maximum atomic E-state index is 13.0. The summed E-state index contributed by atoms with van der Waals surface area (Å²) in [4.78, 5) is 16.9. The number of urea groups is 1. The molecule has 0 bridgehead atoms. The van der Waals surface area contributed by atoms with Crippen molar-refractivity contribution in [2.45, 2.75) is 9.79 Å². The van der Waals surface area contributed by atoms with Gasteiger partial charge in [-0.25, -0.2) is 4.79 Å². The molecule has 118 valence electrons. The molecule has 1 aliphatic heterocycles. The number of benzene rings is 3. The van der Waals surface area contributed by atoms with Gasteiger partial charge in [0.25, 0.3) is 0 Å². The van der Waals surface area contributed by atoms with E-state index in [9.17, 15) is 4.79 Å². The molecule has 0 atom stereocenters. The lowest BCUT2D eigenvalue weighted by Crippen LogP contribution is -2.32. The third kappa shape index (κ3) is 2.70. The standard InChI is InChI=1S/C19H13BrN2OS/c20-13-7-1-2-8-14(13)21-19(23)22-15-9-3-5-11-17(15)24-18-12-6-4-10-16(18)22/h1-12H,(H,21,23). The van der Waals surface area contributed by atoms with Crippen LogP contribution >= 0.6 is 27.7 Å². The van der Waals surface area contributed by atoms with Crippen LogP contribution in [-0.2, 0) is 0 Å². The van der Waals surface area contributed by atoms with E-state index < -0.39 is 0 Å². The van der Waals surface area contributed by atoms with Crippen LogP contribution in [0.1, 0.15) is 0 Å². The molecule has 1 N–H and O–H groups in total. The molecule has 1 aliphatic rings. The average molecular weight is 397 g/mol. The van der Waals surface area contributed by atoms with Crippen LogP contribution in [0.4, 0.5) is 21.9 Å². The lowest BCUT2D eigenvalue weighted by Gasteiger charge is -2.31. The van der Waals surface area contributed by atoms with Crippen LogP contribution in [0.3, 0.4) is 0 Å². The molecule has 0 aliphatic carbocycles. The fourth-order valence-corrected chi connectivity index (χ4v) is 4.10. The van der Waals surface area contributed by atoms with Crippen molar-refractivity contribution in [3.8, 4) is 0 Å². The summed E-state index contributed by atoms with van der Waals surface area (Å²) < 4.78 is 0.853. The number of para-hydroxylation sites is 3. The van der Waals surface area contributed by atoms with E-state index in [0.29, 0.717) is 0 Å². The molecule has 0 spiro atoms. The molecule has 1 heterocycles. The summed E-state index contributed by atoms with van der Waals surface area (Å²) in [5.41, 5.74) is 2.53. The number of nitrogens with zero attached hydrogens (tertiary/aromatic N) is 1. The van der Waals surface area contributed by atoms with Gasteiger partial charge in [-0.3, -0.25) is 4.90 Å². The maximum Gasteiger partial charge on any atom is 0.331 e. The molecule has 0 fully saturated rings. The summed E-state index contributed by atoms with van der Waals surface area (Å²) in [7, 11) is 0. The van der Waals surface area contributed by atoms with Gasteiger partial charge in [0.1, 0.15) is 0 Å². The largest absolute Gasteiger partial charge is 0.331 e. The van der Waals surface area contributed by atoms with Crippen molar-refractivity contribution in [1.82, 2.24) is 0 Å². The summed E-state index contributed by atoms with van der Waals surface area (Å²) in [5.74, 6) is 0. The maximum absolute atomic E-state index is 13.0. The Morgan fingerprint density at radius 3 is 2.00 bits per heavy atom. The van der Waals surface area contributed by atoms with Gasteiger partial charge in [-0.2, -0.15) is 0 Å². The SMILES string of the molecule is O=C(Nc1ccccc1Br)N1c2ccccc2Sc2ccccc21. The Kier molecular flexibility index (Phi) is 4.04. The molecule has 4 rings (SSSR count). The van der Waals surface area contributed by atoms with Crippen LogP contribution in [0.5, 0.6) is 0 Å². The first-order valence-corrected chi connectivity index (χ1v) is 9.06. The number of anilines is 3. The van der Waals surface area contributed by atoms with Crippen molar-refractivity contribution in [3.05, 3.63) is 77.3 Å². The van der Waals surface area contributed by atoms with E-state index in [2.05, 4.69) is 21.2 Å². The molecule has 5 heteroatoms. The van der Waals surface area contributed by atoms with E-state index in [0.717, 1.165) is 31.3 Å². The number of halogens is 1. The van der Waals surface area contributed by atoms with Gasteiger partial charge in [0, 0.05) is 14.3 Å². The van der Waals surface area contributed by atoms with Crippen molar-refractivity contribution in [3.63, 3.8) is 0 Å². The minimum Gasteiger partial charge on any atom is -0.306 e. The molecule has 0 saturated carbocycles. The van der Waals surface area contributed by atoms with Gasteiger partial charge >= 0.3 is 6.03 Å². The summed E-state index contributed by atoms with van der Waals surface area (Å²) >= 11 is 5.16. The molecule has 0 radical (unpaired) electrons. The fraction of sp³-hybridized carbons (Fsp3) is 0. The number of carbonyl (C=O) groups excluding carboxylic acids is 1. The number of nitrogens with one attached hydrogen (secondary N) is 1. The molecular weight excluding hydrogens is 384 g/mol. The second kappa shape index (κ2) is 6.34. The quantitative estimate of drug-likeness (QED) is 0.524. The van der Waals surface area contributed by atoms with E-state index in [4.69, 9.17) is 0 Å². The second-order valence-electron chi connectivity index (χ2n) is 5.28. The van der Waals surface area contributed by atoms with Gasteiger partial charge in [-0.15, -0.1) is 0 Å². The molecule has 3 nitrogen and oxygen atoms in total. The van der Waals surface area contributed by atoms with Crippen molar-refractivity contribution >= 4 is 50.8 Å². The Morgan fingerprint density at radius 2 is 1.38 bits per heavy atom. The van der Waals surface area contributed by atoms with Crippen LogP contribution in [-0.4, -0.2) is 6.03 Å². The zero-order valence-electron chi connectivity index (χ0n) is 12.6. The minimum atomic E-state index is -0.179. The minimum absolute atomic E-state index is 0.179. The van der Waals surface area contributed by atoms with Crippen molar-refractivity contribution in [1.29, 1.82) is 0 Å². The van der Waals surface area contributed by atoms with Gasteiger partial charge in [-0.05, 0) is 52.3 Å². The highest BCUT2D eigenvalue weighted by molar-refractivity contribution is 9.10. The van der Waals surface area contributed by atoms with Gasteiger partial charge in [0.2, 0.25) is 0 Å². The van der Waals surface area contributed by atoms with Crippen LogP contribution in [0.2, 0.25) is 0 Å². The monoisotopic (exact) mass is 396 g/mol. The molecule has 0 unspecified atom stereocenters. The van der Waals surface area contributed by atoms with Crippen LogP contribution in [0, 0.1) is 0 Å². The van der Waals surface area contributed by atoms with Crippen molar-refractivity contribution < 1.29 is 4.79 Å². The van der Waals surface area contributed by atoms with Crippen LogP contribution in [0.25, 0.3) is 0 Å². The van der Waals surface area contributed by atoms with E-state index in [1.807, 2.05) is 72.8 Å². The predicted octanol–water partition coefficient (Wildman–Crippen LogP) is 6.28. The molecule has 3 aromatic carbocycles. The zero-order valence-corrected chi connectivity index (χ0v) is 15.0. The molecule has 3 aromatic rings. The summed E-state index contributed by atoms with van der Waals surface area (Å²) in [6.07, 6.45) is 0. The fourth-order valence-electron chi connectivity index (χ4n) is 2.66. The first-order chi connectivity index (χ1) is 11.7. The van der Waals surface area contributed by atoms with E-state index in [1.54, 1.807) is 16.7 Å². The number of hydrogen-bond acceptors (Lipinski definition) is 2. The highest BCUT2D eigenvalue weighted by Crippen LogP contribution is 2.48. The number of rotatable bonds is 1. The Balaban J connectivity index is 1.77. The van der Waals surface area contributed by atoms with Crippen molar-refractivity contribution in [2.75, 3.05) is 10.2 Å². The van der Waals surface area contributed by atoms with E-state index >= 15 is 0 Å². The summed E-state index contributed by atoms with van der Waals surface area (Å²) in [5, 5.41) is 2.99. The van der Waals surface area contributed by atoms with Gasteiger partial charge in [0.05, 0.1) is 17.1 Å². The first-order valence-electron chi connectivity index (χ1n) is 7.45. The lowest BCUT2D eigenvalue weighted by molar-refractivity contribution is 0.259. The summed E-state index contributed by atoms with van der Waals surface area (Å²) in [6, 6.07) is 23.3. The molecule has 0 saturated heterocycles. The third-order valence-electron chi connectivity index (χ3n) is 3.75. The third-order valence-corrected chi connectivity index (χ3v) is 5.57. The van der Waals surface area contributed by atoms with Gasteiger partial charge in [-0.1, -0.05) is 48.2 Å². The number of amides is 2. The van der Waals surface area contributed by atoms with Gasteiger partial charge < -0.3 is 5.32 Å². The Morgan fingerprint density at radius 1 is 0.833 bits per heavy atom. The zero-order chi connectivity index (χ0) is 16.5. The molecule has 24 heavy (non-hydrogen) atoms. The Hall–Kier alpha value is -2.24. The topological polar surface area (TPSA) is 32.3 Å². The smallest absolute Gasteiger partial charge is 0.306 e. The number of carbonyl (C=O) groups is 1. The van der Waals surface area contributed by atoms with Crippen LogP contribution in [0.15, 0.2) is 87.1 Å². The molecular formula is C19H13BrN2OS. The van der Waals surface area contributed by atoms with E-state index in [1.165, 1.54) is 0 Å². The average Bonchev–Trinajstić information content (AvgIpc) is 2.61. The van der Waals surface area contributed by atoms with Gasteiger partial charge in [0.15, 0.2) is 0 Å². The Bertz CT molecular complexity index is 883. The lowest BCUT2D eigenvalue weighted by atomic mass is 10.2. The summed E-state index contributed by atoms with van der Waals surface area (Å²) in [6.45, 7) is 0. The molecule has 0 aromatic heterocycles. The van der Waals surface area contributed by atoms with Crippen molar-refractivity contribution in [2.24, 2.45) is 0 Å². The molecule has 2 amide bonds. The predicted molar refractivity (Wildman–Crippen MR) is 102 cm³/mol. The Labute approximate surface area is 152 Å². The number of hydrogen-bond donors (Lipinski definition) is 1.